The number of hydrogen-bond acceptors (Lipinski definition) is 7. The smallest absolute Gasteiger partial charge is 0.328 e. The van der Waals surface area contributed by atoms with Crippen LogP contribution in [0.1, 0.15) is 42.6 Å². The molecule has 2 aromatic heterocycles. The number of nitrogens with zero attached hydrogens (tertiary/aromatic N) is 3. The van der Waals surface area contributed by atoms with Crippen LogP contribution in [0.25, 0.3) is 15.8 Å². The van der Waals surface area contributed by atoms with Crippen LogP contribution in [-0.4, -0.2) is 37.7 Å². The molecule has 0 radical (unpaired) electrons. The quantitative estimate of drug-likeness (QED) is 0.563. The highest BCUT2D eigenvalue weighted by atomic mass is 32.1. The second-order valence-corrected chi connectivity index (χ2v) is 9.01. The number of aliphatic carboxylic acids is 1. The molecule has 4 rings (SSSR count). The number of allylic oxidation sites excluding steroid dienone is 6. The normalized spacial score (nSPS) is 13.8. The molecule has 2 N–H and O–H groups in total. The van der Waals surface area contributed by atoms with Crippen LogP contribution in [-0.2, 0) is 22.4 Å². The van der Waals surface area contributed by atoms with Gasteiger partial charge in [-0.05, 0) is 43.5 Å². The minimum Gasteiger partial charge on any atom is -0.480 e. The minimum atomic E-state index is -1.38. The Morgan fingerprint density at radius 1 is 1.22 bits per heavy atom. The molecule has 0 atom stereocenters. The van der Waals surface area contributed by atoms with Crippen molar-refractivity contribution in [1.82, 2.24) is 20.5 Å². The monoisotopic (exact) mass is 450 g/mol. The van der Waals surface area contributed by atoms with Gasteiger partial charge in [0.25, 0.3) is 0 Å². The van der Waals surface area contributed by atoms with Gasteiger partial charge in [0, 0.05) is 0 Å². The molecule has 32 heavy (non-hydrogen) atoms. The second-order valence-electron chi connectivity index (χ2n) is 7.90. The first-order chi connectivity index (χ1) is 15.3. The summed E-state index contributed by atoms with van der Waals surface area (Å²) in [6.07, 6.45) is 11.6. The zero-order chi connectivity index (χ0) is 22.7. The molecule has 0 spiro atoms. The zero-order valence-corrected chi connectivity index (χ0v) is 18.5. The third kappa shape index (κ3) is 5.00. The van der Waals surface area contributed by atoms with E-state index in [4.69, 9.17) is 9.52 Å². The van der Waals surface area contributed by atoms with Gasteiger partial charge in [0.05, 0.1) is 16.6 Å². The molecule has 164 valence electrons. The van der Waals surface area contributed by atoms with Gasteiger partial charge < -0.3 is 14.8 Å². The number of carbonyl (C=O) groups is 2. The first kappa shape index (κ1) is 21.6. The summed E-state index contributed by atoms with van der Waals surface area (Å²) in [5, 5.41) is 20.3. The molecular formula is C23H22N4O4S. The number of thiazole rings is 1. The molecule has 1 aliphatic carbocycles. The first-order valence-electron chi connectivity index (χ1n) is 10.1. The molecule has 1 aromatic carbocycles. The van der Waals surface area contributed by atoms with E-state index in [9.17, 15) is 9.59 Å². The summed E-state index contributed by atoms with van der Waals surface area (Å²) in [4.78, 5) is 27.9. The van der Waals surface area contributed by atoms with E-state index < -0.39 is 17.4 Å². The van der Waals surface area contributed by atoms with Crippen molar-refractivity contribution in [2.45, 2.75) is 38.6 Å². The van der Waals surface area contributed by atoms with Crippen molar-refractivity contribution in [2.75, 3.05) is 0 Å². The molecule has 1 aliphatic rings. The summed E-state index contributed by atoms with van der Waals surface area (Å²) in [7, 11) is 0. The number of aromatic nitrogens is 3. The van der Waals surface area contributed by atoms with Gasteiger partial charge in [0.1, 0.15) is 17.0 Å². The first-order valence-corrected chi connectivity index (χ1v) is 10.9. The van der Waals surface area contributed by atoms with Gasteiger partial charge in [0.2, 0.25) is 17.7 Å². The molecule has 3 aromatic rings. The van der Waals surface area contributed by atoms with E-state index in [0.717, 1.165) is 32.8 Å². The largest absolute Gasteiger partial charge is 0.480 e. The fourth-order valence-electron chi connectivity index (χ4n) is 3.14. The lowest BCUT2D eigenvalue weighted by Gasteiger charge is -2.20. The van der Waals surface area contributed by atoms with Crippen LogP contribution in [0.4, 0.5) is 0 Å². The van der Waals surface area contributed by atoms with E-state index in [1.165, 1.54) is 13.8 Å². The number of amides is 1. The lowest BCUT2D eigenvalue weighted by Crippen LogP contribution is -2.50. The van der Waals surface area contributed by atoms with Gasteiger partial charge in [-0.15, -0.1) is 21.5 Å². The van der Waals surface area contributed by atoms with Crippen LogP contribution >= 0.6 is 11.3 Å². The van der Waals surface area contributed by atoms with Crippen molar-refractivity contribution in [2.24, 2.45) is 0 Å². The summed E-state index contributed by atoms with van der Waals surface area (Å²) in [5.41, 5.74) is 1.81. The zero-order valence-electron chi connectivity index (χ0n) is 17.7. The Morgan fingerprint density at radius 2 is 2.03 bits per heavy atom. The average molecular weight is 451 g/mol. The molecule has 8 nitrogen and oxygen atoms in total. The highest BCUT2D eigenvalue weighted by Gasteiger charge is 2.29. The van der Waals surface area contributed by atoms with Crippen LogP contribution in [0, 0.1) is 0 Å². The van der Waals surface area contributed by atoms with Gasteiger partial charge >= 0.3 is 5.97 Å². The summed E-state index contributed by atoms with van der Waals surface area (Å²) in [5.74, 6) is -1.15. The predicted octanol–water partition coefficient (Wildman–Crippen LogP) is 3.69. The van der Waals surface area contributed by atoms with Crippen LogP contribution in [0.15, 0.2) is 53.0 Å². The van der Waals surface area contributed by atoms with Crippen molar-refractivity contribution >= 4 is 39.0 Å². The Balaban J connectivity index is 1.44. The Hall–Kier alpha value is -3.59. The standard InChI is InChI=1S/C23H22N4O4S/c1-23(2,22(29)30)25-18(28)12-19-26-27-20(31-19)13-21-24-16-10-9-15(11-17(16)32-21)14-7-5-3-4-6-8-14/h3,5-11H,4,12-13H2,1-2H3,(H,25,28)(H,29,30). The highest BCUT2D eigenvalue weighted by molar-refractivity contribution is 7.18. The van der Waals surface area contributed by atoms with Crippen molar-refractivity contribution in [3.8, 4) is 0 Å². The van der Waals surface area contributed by atoms with E-state index in [0.29, 0.717) is 12.3 Å². The van der Waals surface area contributed by atoms with Gasteiger partial charge in [-0.3, -0.25) is 4.79 Å². The van der Waals surface area contributed by atoms with Crippen LogP contribution in [0.2, 0.25) is 0 Å². The molecule has 0 aliphatic heterocycles. The molecule has 0 saturated carbocycles. The second kappa shape index (κ2) is 8.88. The maximum absolute atomic E-state index is 12.1. The third-order valence-electron chi connectivity index (χ3n) is 4.86. The lowest BCUT2D eigenvalue weighted by molar-refractivity contribution is -0.146. The topological polar surface area (TPSA) is 118 Å². The van der Waals surface area contributed by atoms with Crippen molar-refractivity contribution < 1.29 is 19.1 Å². The Kier molecular flexibility index (Phi) is 6.00. The maximum Gasteiger partial charge on any atom is 0.328 e. The third-order valence-corrected chi connectivity index (χ3v) is 5.88. The fourth-order valence-corrected chi connectivity index (χ4v) is 4.14. The van der Waals surface area contributed by atoms with E-state index >= 15 is 0 Å². The van der Waals surface area contributed by atoms with Crippen molar-refractivity contribution in [3.63, 3.8) is 0 Å². The maximum atomic E-state index is 12.1. The van der Waals surface area contributed by atoms with E-state index in [2.05, 4.69) is 63.0 Å². The van der Waals surface area contributed by atoms with Gasteiger partial charge in [-0.2, -0.15) is 0 Å². The van der Waals surface area contributed by atoms with Gasteiger partial charge in [0.15, 0.2) is 0 Å². The fraction of sp³-hybridized carbons (Fsp3) is 0.261. The van der Waals surface area contributed by atoms with Crippen molar-refractivity contribution in [3.05, 3.63) is 70.9 Å². The number of rotatable bonds is 7. The summed E-state index contributed by atoms with van der Waals surface area (Å²) in [6.45, 7) is 2.81. The summed E-state index contributed by atoms with van der Waals surface area (Å²) >= 11 is 1.56. The van der Waals surface area contributed by atoms with Crippen molar-refractivity contribution in [1.29, 1.82) is 0 Å². The number of carboxylic acid groups (broad SMARTS) is 1. The predicted molar refractivity (Wildman–Crippen MR) is 121 cm³/mol. The number of fused-ring (bicyclic) bond motifs is 1. The molecular weight excluding hydrogens is 428 g/mol. The highest BCUT2D eigenvalue weighted by Crippen LogP contribution is 2.28. The van der Waals surface area contributed by atoms with Gasteiger partial charge in [-0.1, -0.05) is 36.4 Å². The molecule has 2 heterocycles. The summed E-state index contributed by atoms with van der Waals surface area (Å²) in [6, 6.07) is 6.19. The Labute approximate surface area is 188 Å². The number of nitrogens with one attached hydrogen (secondary N) is 1. The molecule has 9 heteroatoms. The number of benzene rings is 1. The Bertz CT molecular complexity index is 1270. The van der Waals surface area contributed by atoms with E-state index in [1.807, 2.05) is 6.07 Å². The lowest BCUT2D eigenvalue weighted by atomic mass is 10.1. The van der Waals surface area contributed by atoms with E-state index in [1.54, 1.807) is 11.3 Å². The van der Waals surface area contributed by atoms with E-state index in [-0.39, 0.29) is 12.3 Å². The van der Waals surface area contributed by atoms with Crippen LogP contribution in [0.3, 0.4) is 0 Å². The SMILES string of the molecule is CC(C)(NC(=O)Cc1nnc(Cc2nc3ccc(C4=CC=CCC=C4)cc3s2)o1)C(=O)O. The number of hydrogen-bond donors (Lipinski definition) is 2. The van der Waals surface area contributed by atoms with Crippen LogP contribution in [0.5, 0.6) is 0 Å². The molecule has 1 amide bonds. The molecule has 0 bridgehead atoms. The number of carboxylic acids is 1. The minimum absolute atomic E-state index is 0.127. The Morgan fingerprint density at radius 3 is 2.84 bits per heavy atom. The molecule has 0 saturated heterocycles. The molecule has 0 unspecified atom stereocenters. The average Bonchev–Trinajstić information content (AvgIpc) is 3.23. The molecule has 0 fully saturated rings. The van der Waals surface area contributed by atoms with Gasteiger partial charge in [-0.25, -0.2) is 9.78 Å². The summed E-state index contributed by atoms with van der Waals surface area (Å²) < 4.78 is 6.64. The number of carbonyl (C=O) groups excluding carboxylic acids is 1. The van der Waals surface area contributed by atoms with Crippen LogP contribution < -0.4 is 5.32 Å².